The molecule has 1 aromatic carbocycles. The van der Waals surface area contributed by atoms with E-state index in [4.69, 9.17) is 0 Å². The first-order valence-electron chi connectivity index (χ1n) is 7.18. The molecule has 1 heteroatoms. The largest absolute Gasteiger partial charge is 0.294 e. The standard InChI is InChI=1S/C17H23N/c1-12-11-14(3)18-13(2)9-10-16(18)17(12)15-7-5-4-6-8-15/h4-8,13-14,16-17H,1,9-11H2,2-3H3. The zero-order chi connectivity index (χ0) is 12.7. The molecule has 0 bridgehead atoms. The molecule has 0 spiro atoms. The van der Waals surface area contributed by atoms with Crippen molar-refractivity contribution in [3.05, 3.63) is 48.0 Å². The van der Waals surface area contributed by atoms with Gasteiger partial charge in [0.2, 0.25) is 0 Å². The lowest BCUT2D eigenvalue weighted by molar-refractivity contribution is 0.110. The Morgan fingerprint density at radius 2 is 1.78 bits per heavy atom. The summed E-state index contributed by atoms with van der Waals surface area (Å²) in [5.41, 5.74) is 2.89. The van der Waals surface area contributed by atoms with Gasteiger partial charge in [-0.05, 0) is 38.7 Å². The van der Waals surface area contributed by atoms with E-state index in [0.717, 1.165) is 12.5 Å². The number of piperidine rings is 1. The number of nitrogens with zero attached hydrogens (tertiary/aromatic N) is 1. The van der Waals surface area contributed by atoms with Crippen molar-refractivity contribution in [3.63, 3.8) is 0 Å². The first kappa shape index (κ1) is 12.0. The molecule has 18 heavy (non-hydrogen) atoms. The molecular weight excluding hydrogens is 218 g/mol. The third kappa shape index (κ3) is 1.81. The van der Waals surface area contributed by atoms with E-state index < -0.39 is 0 Å². The van der Waals surface area contributed by atoms with E-state index in [1.165, 1.54) is 24.0 Å². The summed E-state index contributed by atoms with van der Waals surface area (Å²) >= 11 is 0. The Hall–Kier alpha value is -1.08. The van der Waals surface area contributed by atoms with Crippen LogP contribution in [0.25, 0.3) is 0 Å². The number of rotatable bonds is 1. The van der Waals surface area contributed by atoms with Crippen LogP contribution in [-0.2, 0) is 0 Å². The van der Waals surface area contributed by atoms with Crippen LogP contribution in [0.3, 0.4) is 0 Å². The molecule has 0 aromatic heterocycles. The molecule has 1 nitrogen and oxygen atoms in total. The van der Waals surface area contributed by atoms with Crippen LogP contribution in [0.5, 0.6) is 0 Å². The van der Waals surface area contributed by atoms with Crippen LogP contribution in [0, 0.1) is 0 Å². The SMILES string of the molecule is C=C1CC(C)N2C(C)CCC2C1c1ccccc1. The second-order valence-corrected chi connectivity index (χ2v) is 6.04. The quantitative estimate of drug-likeness (QED) is 0.672. The van der Waals surface area contributed by atoms with Crippen LogP contribution in [0.4, 0.5) is 0 Å². The maximum atomic E-state index is 4.38. The van der Waals surface area contributed by atoms with Gasteiger partial charge in [-0.25, -0.2) is 0 Å². The van der Waals surface area contributed by atoms with Crippen LogP contribution < -0.4 is 0 Å². The van der Waals surface area contributed by atoms with Crippen LogP contribution in [-0.4, -0.2) is 23.0 Å². The van der Waals surface area contributed by atoms with Crippen LogP contribution in [0.1, 0.15) is 44.6 Å². The van der Waals surface area contributed by atoms with Gasteiger partial charge in [0.15, 0.2) is 0 Å². The molecule has 2 fully saturated rings. The summed E-state index contributed by atoms with van der Waals surface area (Å²) in [5, 5.41) is 0. The summed E-state index contributed by atoms with van der Waals surface area (Å²) in [6.07, 6.45) is 3.82. The average Bonchev–Trinajstić information content (AvgIpc) is 2.73. The Morgan fingerprint density at radius 3 is 2.50 bits per heavy atom. The van der Waals surface area contributed by atoms with E-state index in [1.54, 1.807) is 0 Å². The second kappa shape index (κ2) is 4.55. The lowest BCUT2D eigenvalue weighted by atomic mass is 9.78. The fourth-order valence-corrected chi connectivity index (χ4v) is 4.14. The van der Waals surface area contributed by atoms with Crippen molar-refractivity contribution in [1.82, 2.24) is 4.90 Å². The molecule has 0 aliphatic carbocycles. The molecule has 0 saturated carbocycles. The smallest absolute Gasteiger partial charge is 0.0208 e. The van der Waals surface area contributed by atoms with Crippen LogP contribution in [0.2, 0.25) is 0 Å². The molecule has 96 valence electrons. The highest BCUT2D eigenvalue weighted by Gasteiger charge is 2.43. The highest BCUT2D eigenvalue weighted by Crippen LogP contribution is 2.45. The molecule has 2 aliphatic rings. The molecule has 0 N–H and O–H groups in total. The highest BCUT2D eigenvalue weighted by atomic mass is 15.2. The summed E-state index contributed by atoms with van der Waals surface area (Å²) in [6.45, 7) is 9.13. The molecule has 2 saturated heterocycles. The van der Waals surface area contributed by atoms with Gasteiger partial charge in [0, 0.05) is 24.0 Å². The van der Waals surface area contributed by atoms with Crippen molar-refractivity contribution >= 4 is 0 Å². The van der Waals surface area contributed by atoms with E-state index in [0.29, 0.717) is 18.0 Å². The molecule has 1 aromatic rings. The molecule has 4 atom stereocenters. The van der Waals surface area contributed by atoms with Crippen molar-refractivity contribution in [3.8, 4) is 0 Å². The molecule has 2 aliphatic heterocycles. The zero-order valence-electron chi connectivity index (χ0n) is 11.5. The van der Waals surface area contributed by atoms with Crippen molar-refractivity contribution in [2.75, 3.05) is 0 Å². The zero-order valence-corrected chi connectivity index (χ0v) is 11.5. The van der Waals surface area contributed by atoms with Gasteiger partial charge in [-0.15, -0.1) is 0 Å². The monoisotopic (exact) mass is 241 g/mol. The molecule has 2 heterocycles. The number of benzene rings is 1. The minimum Gasteiger partial charge on any atom is -0.294 e. The van der Waals surface area contributed by atoms with Gasteiger partial charge in [0.05, 0.1) is 0 Å². The second-order valence-electron chi connectivity index (χ2n) is 6.04. The highest BCUT2D eigenvalue weighted by molar-refractivity contribution is 5.33. The number of fused-ring (bicyclic) bond motifs is 1. The number of hydrogen-bond donors (Lipinski definition) is 0. The van der Waals surface area contributed by atoms with E-state index in [2.05, 4.69) is 55.7 Å². The first-order valence-corrected chi connectivity index (χ1v) is 7.18. The summed E-state index contributed by atoms with van der Waals surface area (Å²) in [4.78, 5) is 2.74. The Kier molecular flexibility index (Phi) is 3.03. The maximum Gasteiger partial charge on any atom is 0.0208 e. The van der Waals surface area contributed by atoms with Gasteiger partial charge in [-0.2, -0.15) is 0 Å². The Labute approximate surface area is 111 Å². The third-order valence-electron chi connectivity index (χ3n) is 4.82. The summed E-state index contributed by atoms with van der Waals surface area (Å²) in [6, 6.07) is 13.0. The summed E-state index contributed by atoms with van der Waals surface area (Å²) < 4.78 is 0. The van der Waals surface area contributed by atoms with E-state index in [1.807, 2.05) is 0 Å². The molecule has 3 rings (SSSR count). The van der Waals surface area contributed by atoms with Crippen molar-refractivity contribution < 1.29 is 0 Å². The van der Waals surface area contributed by atoms with Gasteiger partial charge in [-0.3, -0.25) is 4.90 Å². The minimum absolute atomic E-state index is 0.548. The van der Waals surface area contributed by atoms with Gasteiger partial charge in [0.25, 0.3) is 0 Å². The van der Waals surface area contributed by atoms with Crippen LogP contribution >= 0.6 is 0 Å². The van der Waals surface area contributed by atoms with E-state index in [-0.39, 0.29) is 0 Å². The Balaban J connectivity index is 1.96. The molecule has 4 unspecified atom stereocenters. The van der Waals surface area contributed by atoms with Crippen LogP contribution in [0.15, 0.2) is 42.5 Å². The van der Waals surface area contributed by atoms with Crippen molar-refractivity contribution in [1.29, 1.82) is 0 Å². The number of hydrogen-bond acceptors (Lipinski definition) is 1. The molecule has 0 amide bonds. The third-order valence-corrected chi connectivity index (χ3v) is 4.82. The lowest BCUT2D eigenvalue weighted by Crippen LogP contribution is -2.48. The minimum atomic E-state index is 0.548. The normalized spacial score (nSPS) is 36.7. The Morgan fingerprint density at radius 1 is 1.06 bits per heavy atom. The lowest BCUT2D eigenvalue weighted by Gasteiger charge is -2.45. The van der Waals surface area contributed by atoms with Gasteiger partial charge < -0.3 is 0 Å². The predicted molar refractivity (Wildman–Crippen MR) is 76.7 cm³/mol. The molecule has 0 radical (unpaired) electrons. The van der Waals surface area contributed by atoms with Crippen molar-refractivity contribution in [2.45, 2.75) is 57.2 Å². The topological polar surface area (TPSA) is 3.24 Å². The van der Waals surface area contributed by atoms with Crippen molar-refractivity contribution in [2.24, 2.45) is 0 Å². The van der Waals surface area contributed by atoms with Gasteiger partial charge in [0.1, 0.15) is 0 Å². The van der Waals surface area contributed by atoms with Gasteiger partial charge >= 0.3 is 0 Å². The average molecular weight is 241 g/mol. The van der Waals surface area contributed by atoms with Gasteiger partial charge in [-0.1, -0.05) is 42.5 Å². The first-order chi connectivity index (χ1) is 8.68. The fourth-order valence-electron chi connectivity index (χ4n) is 4.14. The summed E-state index contributed by atoms with van der Waals surface area (Å²) in [5.74, 6) is 0.548. The Bertz CT molecular complexity index is 436. The van der Waals surface area contributed by atoms with E-state index in [9.17, 15) is 0 Å². The maximum absolute atomic E-state index is 4.38. The van der Waals surface area contributed by atoms with E-state index >= 15 is 0 Å². The molecular formula is C17H23N. The fraction of sp³-hybridized carbons (Fsp3) is 0.529. The summed E-state index contributed by atoms with van der Waals surface area (Å²) in [7, 11) is 0. The predicted octanol–water partition coefficient (Wildman–Crippen LogP) is 3.97.